The smallest absolute Gasteiger partial charge is 0.122 e. The van der Waals surface area contributed by atoms with E-state index in [9.17, 15) is 0 Å². The maximum atomic E-state index is 5.91. The Kier molecular flexibility index (Phi) is 4.48. The van der Waals surface area contributed by atoms with E-state index in [0.717, 1.165) is 18.0 Å². The molecular formula is C15H23NO2. The fourth-order valence-electron chi connectivity index (χ4n) is 2.97. The number of benzene rings is 1. The van der Waals surface area contributed by atoms with E-state index in [1.807, 2.05) is 6.07 Å². The lowest BCUT2D eigenvalue weighted by atomic mass is 9.75. The molecule has 1 aromatic carbocycles. The normalized spacial score (nSPS) is 23.7. The monoisotopic (exact) mass is 249 g/mol. The molecule has 0 saturated heterocycles. The molecule has 0 amide bonds. The molecule has 0 aromatic heterocycles. The standard InChI is InChI=1S/C15H23NO2/c1-17-13-7-12(8-14(9-13)18-2)15-6-4-3-5-11(15)10-16/h7-9,11,15H,3-6,10,16H2,1-2H3. The van der Waals surface area contributed by atoms with Crippen LogP contribution >= 0.6 is 0 Å². The van der Waals surface area contributed by atoms with Crippen LogP contribution in [0, 0.1) is 5.92 Å². The minimum atomic E-state index is 0.549. The first-order chi connectivity index (χ1) is 8.78. The van der Waals surface area contributed by atoms with E-state index in [0.29, 0.717) is 11.8 Å². The number of rotatable bonds is 4. The first kappa shape index (κ1) is 13.2. The predicted molar refractivity (Wildman–Crippen MR) is 73.3 cm³/mol. The molecule has 3 heteroatoms. The van der Waals surface area contributed by atoms with Crippen molar-refractivity contribution in [3.63, 3.8) is 0 Å². The highest BCUT2D eigenvalue weighted by Crippen LogP contribution is 2.39. The van der Waals surface area contributed by atoms with Gasteiger partial charge >= 0.3 is 0 Å². The summed E-state index contributed by atoms with van der Waals surface area (Å²) in [7, 11) is 3.39. The molecule has 0 aliphatic heterocycles. The molecule has 1 aliphatic carbocycles. The summed E-state index contributed by atoms with van der Waals surface area (Å²) in [5.74, 6) is 2.87. The second kappa shape index (κ2) is 6.10. The molecule has 1 aromatic rings. The van der Waals surface area contributed by atoms with E-state index in [1.54, 1.807) is 14.2 Å². The SMILES string of the molecule is COc1cc(OC)cc(C2CCCCC2CN)c1. The highest BCUT2D eigenvalue weighted by atomic mass is 16.5. The van der Waals surface area contributed by atoms with Gasteiger partial charge in [0, 0.05) is 6.07 Å². The number of nitrogens with two attached hydrogens (primary N) is 1. The average Bonchev–Trinajstić information content (AvgIpc) is 2.46. The molecular weight excluding hydrogens is 226 g/mol. The summed E-state index contributed by atoms with van der Waals surface area (Å²) in [6, 6.07) is 6.17. The first-order valence-corrected chi connectivity index (χ1v) is 6.71. The van der Waals surface area contributed by atoms with Gasteiger partial charge in [-0.3, -0.25) is 0 Å². The van der Waals surface area contributed by atoms with E-state index in [2.05, 4.69) is 12.1 Å². The van der Waals surface area contributed by atoms with Gasteiger partial charge in [0.1, 0.15) is 11.5 Å². The lowest BCUT2D eigenvalue weighted by Crippen LogP contribution is -2.25. The molecule has 0 bridgehead atoms. The number of hydrogen-bond donors (Lipinski definition) is 1. The van der Waals surface area contributed by atoms with Crippen LogP contribution in [0.3, 0.4) is 0 Å². The Morgan fingerprint density at radius 2 is 1.67 bits per heavy atom. The van der Waals surface area contributed by atoms with E-state index in [-0.39, 0.29) is 0 Å². The second-order valence-electron chi connectivity index (χ2n) is 5.03. The first-order valence-electron chi connectivity index (χ1n) is 6.71. The molecule has 1 fully saturated rings. The zero-order valence-corrected chi connectivity index (χ0v) is 11.3. The minimum absolute atomic E-state index is 0.549. The van der Waals surface area contributed by atoms with Gasteiger partial charge < -0.3 is 15.2 Å². The zero-order chi connectivity index (χ0) is 13.0. The molecule has 3 nitrogen and oxygen atoms in total. The van der Waals surface area contributed by atoms with Gasteiger partial charge in [-0.25, -0.2) is 0 Å². The van der Waals surface area contributed by atoms with Crippen LogP contribution in [-0.2, 0) is 0 Å². The third-order valence-electron chi connectivity index (χ3n) is 4.01. The molecule has 2 atom stereocenters. The molecule has 2 rings (SSSR count). The van der Waals surface area contributed by atoms with Crippen LogP contribution in [0.4, 0.5) is 0 Å². The lowest BCUT2D eigenvalue weighted by Gasteiger charge is -2.31. The zero-order valence-electron chi connectivity index (χ0n) is 11.3. The largest absolute Gasteiger partial charge is 0.497 e. The van der Waals surface area contributed by atoms with E-state index in [4.69, 9.17) is 15.2 Å². The van der Waals surface area contributed by atoms with E-state index in [1.165, 1.54) is 31.2 Å². The minimum Gasteiger partial charge on any atom is -0.497 e. The van der Waals surface area contributed by atoms with E-state index >= 15 is 0 Å². The van der Waals surface area contributed by atoms with Gasteiger partial charge in [0.05, 0.1) is 14.2 Å². The van der Waals surface area contributed by atoms with Gasteiger partial charge in [-0.1, -0.05) is 12.8 Å². The fraction of sp³-hybridized carbons (Fsp3) is 0.600. The molecule has 2 N–H and O–H groups in total. The Balaban J connectivity index is 2.29. The van der Waals surface area contributed by atoms with E-state index < -0.39 is 0 Å². The molecule has 100 valence electrons. The Hall–Kier alpha value is -1.22. The van der Waals surface area contributed by atoms with Crippen molar-refractivity contribution in [3.05, 3.63) is 23.8 Å². The van der Waals surface area contributed by atoms with Gasteiger partial charge in [-0.2, -0.15) is 0 Å². The molecule has 1 aliphatic rings. The number of hydrogen-bond acceptors (Lipinski definition) is 3. The summed E-state index contributed by atoms with van der Waals surface area (Å²) >= 11 is 0. The molecule has 0 spiro atoms. The van der Waals surface area contributed by atoms with Crippen LogP contribution in [0.2, 0.25) is 0 Å². The summed E-state index contributed by atoms with van der Waals surface area (Å²) < 4.78 is 10.7. The van der Waals surface area contributed by atoms with Crippen LogP contribution in [0.5, 0.6) is 11.5 Å². The topological polar surface area (TPSA) is 44.5 Å². The van der Waals surface area contributed by atoms with Crippen molar-refractivity contribution in [2.24, 2.45) is 11.7 Å². The highest BCUT2D eigenvalue weighted by molar-refractivity contribution is 5.40. The second-order valence-corrected chi connectivity index (χ2v) is 5.03. The van der Waals surface area contributed by atoms with Gasteiger partial charge in [0.2, 0.25) is 0 Å². The Morgan fingerprint density at radius 3 is 2.22 bits per heavy atom. The maximum absolute atomic E-state index is 5.91. The van der Waals surface area contributed by atoms with Crippen LogP contribution in [-0.4, -0.2) is 20.8 Å². The van der Waals surface area contributed by atoms with Crippen molar-refractivity contribution in [1.82, 2.24) is 0 Å². The lowest BCUT2D eigenvalue weighted by molar-refractivity contribution is 0.312. The summed E-state index contributed by atoms with van der Waals surface area (Å²) in [6.07, 6.45) is 5.05. The predicted octanol–water partition coefficient (Wildman–Crippen LogP) is 2.94. The van der Waals surface area contributed by atoms with Crippen molar-refractivity contribution in [2.75, 3.05) is 20.8 Å². The molecule has 0 radical (unpaired) electrons. The van der Waals surface area contributed by atoms with Gasteiger partial charge in [0.15, 0.2) is 0 Å². The molecule has 1 saturated carbocycles. The van der Waals surface area contributed by atoms with Crippen molar-refractivity contribution in [2.45, 2.75) is 31.6 Å². The molecule has 0 heterocycles. The van der Waals surface area contributed by atoms with Gasteiger partial charge in [-0.05, 0) is 48.9 Å². The fourth-order valence-corrected chi connectivity index (χ4v) is 2.97. The summed E-state index contributed by atoms with van der Waals surface area (Å²) in [4.78, 5) is 0. The average molecular weight is 249 g/mol. The Labute approximate surface area is 109 Å². The Bertz CT molecular complexity index is 370. The van der Waals surface area contributed by atoms with Crippen LogP contribution in [0.1, 0.15) is 37.2 Å². The third-order valence-corrected chi connectivity index (χ3v) is 4.01. The van der Waals surface area contributed by atoms with Crippen LogP contribution in [0.15, 0.2) is 18.2 Å². The van der Waals surface area contributed by atoms with Crippen molar-refractivity contribution in [3.8, 4) is 11.5 Å². The van der Waals surface area contributed by atoms with Gasteiger partial charge in [-0.15, -0.1) is 0 Å². The number of methoxy groups -OCH3 is 2. The summed E-state index contributed by atoms with van der Waals surface area (Å²) in [5.41, 5.74) is 7.22. The van der Waals surface area contributed by atoms with Gasteiger partial charge in [0.25, 0.3) is 0 Å². The van der Waals surface area contributed by atoms with Crippen molar-refractivity contribution in [1.29, 1.82) is 0 Å². The number of ether oxygens (including phenoxy) is 2. The quantitative estimate of drug-likeness (QED) is 0.892. The summed E-state index contributed by atoms with van der Waals surface area (Å²) in [5, 5.41) is 0. The van der Waals surface area contributed by atoms with Crippen LogP contribution in [0.25, 0.3) is 0 Å². The summed E-state index contributed by atoms with van der Waals surface area (Å²) in [6.45, 7) is 0.768. The highest BCUT2D eigenvalue weighted by Gasteiger charge is 2.26. The van der Waals surface area contributed by atoms with Crippen LogP contribution < -0.4 is 15.2 Å². The molecule has 2 unspecified atom stereocenters. The van der Waals surface area contributed by atoms with Crippen molar-refractivity contribution < 1.29 is 9.47 Å². The maximum Gasteiger partial charge on any atom is 0.122 e. The third kappa shape index (κ3) is 2.78. The Morgan fingerprint density at radius 1 is 1.06 bits per heavy atom. The molecule has 18 heavy (non-hydrogen) atoms. The van der Waals surface area contributed by atoms with Crippen molar-refractivity contribution >= 4 is 0 Å².